The summed E-state index contributed by atoms with van der Waals surface area (Å²) in [5, 5.41) is 4.88. The van der Waals surface area contributed by atoms with E-state index in [2.05, 4.69) is 28.1 Å². The molecule has 32 heavy (non-hydrogen) atoms. The van der Waals surface area contributed by atoms with Crippen molar-refractivity contribution in [3.63, 3.8) is 0 Å². The number of aromatic nitrogens is 3. The summed E-state index contributed by atoms with van der Waals surface area (Å²) in [5.74, 6) is 2.28. The van der Waals surface area contributed by atoms with Gasteiger partial charge in [0.25, 0.3) is 0 Å². The zero-order valence-electron chi connectivity index (χ0n) is 19.1. The molecule has 0 aliphatic heterocycles. The molecule has 0 radical (unpaired) electrons. The minimum atomic E-state index is -0.281. The molecule has 2 aromatic carbocycles. The van der Waals surface area contributed by atoms with Gasteiger partial charge in [0.1, 0.15) is 12.4 Å². The van der Waals surface area contributed by atoms with Gasteiger partial charge >= 0.3 is 0 Å². The monoisotopic (exact) mass is 458 g/mol. The van der Waals surface area contributed by atoms with E-state index in [1.54, 1.807) is 25.2 Å². The topological polar surface area (TPSA) is 61.6 Å². The average molecular weight is 459 g/mol. The summed E-state index contributed by atoms with van der Waals surface area (Å²) >= 11 is 6.05. The number of methoxy groups -OCH3 is 2. The number of aryl methyl sites for hydroxylation is 1. The van der Waals surface area contributed by atoms with Crippen LogP contribution in [-0.4, -0.2) is 60.6 Å². The number of ether oxygens (including phenoxy) is 3. The Hall–Kier alpha value is -2.61. The van der Waals surface area contributed by atoms with Crippen LogP contribution in [0.5, 0.6) is 11.5 Å². The van der Waals surface area contributed by atoms with Gasteiger partial charge in [-0.15, -0.1) is 0 Å². The normalized spacial score (nSPS) is 12.2. The lowest BCUT2D eigenvalue weighted by molar-refractivity contribution is 0.0655. The van der Waals surface area contributed by atoms with Crippen molar-refractivity contribution in [2.24, 2.45) is 7.05 Å². The van der Waals surface area contributed by atoms with Crippen LogP contribution in [0.25, 0.3) is 0 Å². The molecular weight excluding hydrogens is 428 g/mol. The van der Waals surface area contributed by atoms with Crippen LogP contribution >= 0.6 is 11.6 Å². The van der Waals surface area contributed by atoms with Gasteiger partial charge < -0.3 is 19.1 Å². The van der Waals surface area contributed by atoms with E-state index < -0.39 is 0 Å². The first-order valence-corrected chi connectivity index (χ1v) is 11.0. The van der Waals surface area contributed by atoms with Crippen LogP contribution in [0.4, 0.5) is 0 Å². The van der Waals surface area contributed by atoms with Crippen LogP contribution in [0.1, 0.15) is 29.5 Å². The van der Waals surface area contributed by atoms with Gasteiger partial charge in [-0.2, -0.15) is 5.10 Å². The lowest BCUT2D eigenvalue weighted by Gasteiger charge is -2.20. The predicted octanol–water partition coefficient (Wildman–Crippen LogP) is 4.16. The molecule has 3 rings (SSSR count). The lowest BCUT2D eigenvalue weighted by Crippen LogP contribution is -2.24. The maximum Gasteiger partial charge on any atom is 0.160 e. The number of rotatable bonds is 12. The molecule has 1 atom stereocenters. The molecule has 0 aliphatic carbocycles. The molecule has 0 saturated heterocycles. The molecule has 0 fully saturated rings. The van der Waals surface area contributed by atoms with Crippen LogP contribution < -0.4 is 9.47 Å². The molecule has 0 bridgehead atoms. The van der Waals surface area contributed by atoms with E-state index in [9.17, 15) is 0 Å². The fraction of sp³-hybridized carbons (Fsp3) is 0.417. The molecule has 1 aromatic heterocycles. The van der Waals surface area contributed by atoms with Gasteiger partial charge in [-0.1, -0.05) is 29.8 Å². The Bertz CT molecular complexity index is 978. The SMILES string of the molecule is COc1ccc(CCN(C)CCCOC(c2ccc(Cl)cc2)c2ncnn2C)cc1OC. The molecule has 7 nitrogen and oxygen atoms in total. The number of hydrogen-bond donors (Lipinski definition) is 0. The molecule has 0 aliphatic rings. The summed E-state index contributed by atoms with van der Waals surface area (Å²) in [6, 6.07) is 13.7. The van der Waals surface area contributed by atoms with Crippen molar-refractivity contribution in [3.05, 3.63) is 70.8 Å². The van der Waals surface area contributed by atoms with Gasteiger partial charge in [-0.05, 0) is 55.3 Å². The van der Waals surface area contributed by atoms with Gasteiger partial charge in [0, 0.05) is 31.8 Å². The van der Waals surface area contributed by atoms with Crippen LogP contribution in [-0.2, 0) is 18.2 Å². The third kappa shape index (κ3) is 6.45. The first kappa shape index (κ1) is 24.0. The zero-order valence-corrected chi connectivity index (χ0v) is 19.9. The Labute approximate surface area is 194 Å². The van der Waals surface area contributed by atoms with Crippen molar-refractivity contribution >= 4 is 11.6 Å². The second kappa shape index (κ2) is 11.9. The van der Waals surface area contributed by atoms with Gasteiger partial charge in [0.15, 0.2) is 17.3 Å². The van der Waals surface area contributed by atoms with E-state index in [1.165, 1.54) is 5.56 Å². The highest BCUT2D eigenvalue weighted by Gasteiger charge is 2.20. The molecule has 0 spiro atoms. The van der Waals surface area contributed by atoms with Gasteiger partial charge in [0.05, 0.1) is 14.2 Å². The highest BCUT2D eigenvalue weighted by Crippen LogP contribution is 2.28. The number of hydrogen-bond acceptors (Lipinski definition) is 6. The first-order chi connectivity index (χ1) is 15.5. The quantitative estimate of drug-likeness (QED) is 0.380. The molecule has 1 unspecified atom stereocenters. The van der Waals surface area contributed by atoms with Crippen molar-refractivity contribution in [2.75, 3.05) is 41.0 Å². The summed E-state index contributed by atoms with van der Waals surface area (Å²) in [7, 11) is 7.30. The fourth-order valence-corrected chi connectivity index (χ4v) is 3.63. The van der Waals surface area contributed by atoms with Crippen molar-refractivity contribution in [3.8, 4) is 11.5 Å². The van der Waals surface area contributed by atoms with Crippen molar-refractivity contribution in [1.82, 2.24) is 19.7 Å². The van der Waals surface area contributed by atoms with Crippen molar-refractivity contribution < 1.29 is 14.2 Å². The standard InChI is InChI=1S/C24H31ClN4O3/c1-28(14-12-18-6-11-21(30-3)22(16-18)31-4)13-5-15-32-23(24-26-17-27-29(24)2)19-7-9-20(25)10-8-19/h6-11,16-17,23H,5,12-15H2,1-4H3. The van der Waals surface area contributed by atoms with Crippen LogP contribution in [0, 0.1) is 0 Å². The maximum atomic E-state index is 6.24. The Balaban J connectivity index is 1.49. The smallest absolute Gasteiger partial charge is 0.160 e. The van der Waals surface area contributed by atoms with E-state index in [1.807, 2.05) is 43.4 Å². The van der Waals surface area contributed by atoms with Crippen molar-refractivity contribution in [2.45, 2.75) is 18.9 Å². The Morgan fingerprint density at radius 3 is 2.44 bits per heavy atom. The fourth-order valence-electron chi connectivity index (χ4n) is 3.50. The number of benzene rings is 2. The lowest BCUT2D eigenvalue weighted by atomic mass is 10.1. The van der Waals surface area contributed by atoms with E-state index in [0.717, 1.165) is 48.8 Å². The largest absolute Gasteiger partial charge is 0.493 e. The summed E-state index contributed by atoms with van der Waals surface area (Å²) in [6.07, 6.45) is 3.11. The molecule has 0 saturated carbocycles. The Kier molecular flexibility index (Phi) is 8.90. The van der Waals surface area contributed by atoms with Crippen LogP contribution in [0.3, 0.4) is 0 Å². The highest BCUT2D eigenvalue weighted by atomic mass is 35.5. The van der Waals surface area contributed by atoms with Gasteiger partial charge in [-0.3, -0.25) is 4.68 Å². The molecule has 0 N–H and O–H groups in total. The minimum Gasteiger partial charge on any atom is -0.493 e. The Morgan fingerprint density at radius 1 is 1.03 bits per heavy atom. The predicted molar refractivity (Wildman–Crippen MR) is 126 cm³/mol. The summed E-state index contributed by atoms with van der Waals surface area (Å²) in [5.41, 5.74) is 2.23. The number of halogens is 1. The van der Waals surface area contributed by atoms with E-state index in [-0.39, 0.29) is 6.10 Å². The third-order valence-corrected chi connectivity index (χ3v) is 5.60. The van der Waals surface area contributed by atoms with E-state index in [0.29, 0.717) is 11.6 Å². The Morgan fingerprint density at radius 2 is 1.78 bits per heavy atom. The molecule has 3 aromatic rings. The first-order valence-electron chi connectivity index (χ1n) is 10.6. The minimum absolute atomic E-state index is 0.281. The van der Waals surface area contributed by atoms with Gasteiger partial charge in [0.2, 0.25) is 0 Å². The molecule has 8 heteroatoms. The summed E-state index contributed by atoms with van der Waals surface area (Å²) in [6.45, 7) is 2.49. The number of likely N-dealkylation sites (N-methyl/N-ethyl adjacent to an activating group) is 1. The summed E-state index contributed by atoms with van der Waals surface area (Å²) < 4.78 is 18.7. The van der Waals surface area contributed by atoms with E-state index in [4.69, 9.17) is 25.8 Å². The average Bonchev–Trinajstić information content (AvgIpc) is 3.23. The van der Waals surface area contributed by atoms with Crippen molar-refractivity contribution in [1.29, 1.82) is 0 Å². The molecule has 172 valence electrons. The molecule has 0 amide bonds. The number of nitrogens with zero attached hydrogens (tertiary/aromatic N) is 4. The van der Waals surface area contributed by atoms with Crippen LogP contribution in [0.15, 0.2) is 48.8 Å². The molecular formula is C24H31ClN4O3. The maximum absolute atomic E-state index is 6.24. The van der Waals surface area contributed by atoms with Gasteiger partial charge in [-0.25, -0.2) is 4.98 Å². The summed E-state index contributed by atoms with van der Waals surface area (Å²) in [4.78, 5) is 6.69. The molecule has 1 heterocycles. The van der Waals surface area contributed by atoms with Crippen LogP contribution in [0.2, 0.25) is 5.02 Å². The third-order valence-electron chi connectivity index (χ3n) is 5.35. The van der Waals surface area contributed by atoms with E-state index >= 15 is 0 Å². The second-order valence-electron chi connectivity index (χ2n) is 7.64. The second-order valence-corrected chi connectivity index (χ2v) is 8.08. The zero-order chi connectivity index (χ0) is 22.9. The highest BCUT2D eigenvalue weighted by molar-refractivity contribution is 6.30.